The molecule has 132 valence electrons. The maximum atomic E-state index is 9.78. The molecule has 0 saturated carbocycles. The molecule has 3 N–H and O–H groups in total. The van der Waals surface area contributed by atoms with Crippen LogP contribution in [0.15, 0.2) is 23.2 Å². The molecule has 1 aromatic carbocycles. The Labute approximate surface area is 156 Å². The molecule has 0 aliphatic heterocycles. The summed E-state index contributed by atoms with van der Waals surface area (Å²) in [6.07, 6.45) is 2.34. The molecule has 0 atom stereocenters. The number of phenolic OH excluding ortho intramolecular Hbond substituents is 1. The van der Waals surface area contributed by atoms with Crippen molar-refractivity contribution >= 4 is 29.9 Å². The molecule has 0 spiro atoms. The summed E-state index contributed by atoms with van der Waals surface area (Å²) < 4.78 is 5.04. The smallest absolute Gasteiger partial charge is 0.191 e. The Morgan fingerprint density at radius 3 is 2.61 bits per heavy atom. The van der Waals surface area contributed by atoms with Crippen molar-refractivity contribution in [2.45, 2.75) is 40.2 Å². The molecule has 1 aromatic rings. The zero-order valence-corrected chi connectivity index (χ0v) is 16.9. The third kappa shape index (κ3) is 8.88. The maximum absolute atomic E-state index is 9.78. The van der Waals surface area contributed by atoms with E-state index in [0.29, 0.717) is 12.3 Å². The molecule has 1 rings (SSSR count). The number of benzene rings is 1. The summed E-state index contributed by atoms with van der Waals surface area (Å²) in [5.41, 5.74) is 0.942. The fraction of sp³-hybridized carbons (Fsp3) is 0.588. The number of ether oxygens (including phenoxy) is 1. The van der Waals surface area contributed by atoms with Gasteiger partial charge in [-0.05, 0) is 43.4 Å². The number of hydrogen-bond donors (Lipinski definition) is 3. The van der Waals surface area contributed by atoms with E-state index in [2.05, 4.69) is 29.5 Å². The summed E-state index contributed by atoms with van der Waals surface area (Å²) in [5, 5.41) is 16.3. The van der Waals surface area contributed by atoms with E-state index in [-0.39, 0.29) is 29.7 Å². The second-order valence-electron chi connectivity index (χ2n) is 5.66. The van der Waals surface area contributed by atoms with Crippen LogP contribution in [0.2, 0.25) is 0 Å². The van der Waals surface area contributed by atoms with Gasteiger partial charge in [0.05, 0.1) is 13.7 Å². The average molecular weight is 435 g/mol. The highest BCUT2D eigenvalue weighted by Crippen LogP contribution is 2.26. The first kappa shape index (κ1) is 21.8. The van der Waals surface area contributed by atoms with Gasteiger partial charge in [0.25, 0.3) is 0 Å². The Morgan fingerprint density at radius 2 is 2.04 bits per heavy atom. The minimum absolute atomic E-state index is 0. The quantitative estimate of drug-likeness (QED) is 0.253. The minimum atomic E-state index is 0. The standard InChI is InChI=1S/C17H29N3O2.HI/c1-5-18-17(19-10-6-7-13(2)3)20-12-14-8-9-16(22-4)15(21)11-14;/h8-9,11,13,21H,5-7,10,12H2,1-4H3,(H2,18,19,20);1H. The number of aliphatic imine (C=N–C) groups is 1. The number of nitrogens with one attached hydrogen (secondary N) is 2. The number of phenols is 1. The van der Waals surface area contributed by atoms with E-state index in [9.17, 15) is 5.11 Å². The van der Waals surface area contributed by atoms with Gasteiger partial charge >= 0.3 is 0 Å². The second-order valence-corrected chi connectivity index (χ2v) is 5.66. The Morgan fingerprint density at radius 1 is 1.30 bits per heavy atom. The van der Waals surface area contributed by atoms with E-state index in [1.165, 1.54) is 13.5 Å². The van der Waals surface area contributed by atoms with Gasteiger partial charge in [0.15, 0.2) is 17.5 Å². The Bertz CT molecular complexity index is 479. The summed E-state index contributed by atoms with van der Waals surface area (Å²) in [6.45, 7) is 8.76. The maximum Gasteiger partial charge on any atom is 0.191 e. The molecule has 0 radical (unpaired) electrons. The monoisotopic (exact) mass is 435 g/mol. The summed E-state index contributed by atoms with van der Waals surface area (Å²) in [7, 11) is 1.54. The summed E-state index contributed by atoms with van der Waals surface area (Å²) in [6, 6.07) is 5.35. The average Bonchev–Trinajstić information content (AvgIpc) is 2.49. The lowest BCUT2D eigenvalue weighted by Gasteiger charge is -2.12. The summed E-state index contributed by atoms with van der Waals surface area (Å²) >= 11 is 0. The van der Waals surface area contributed by atoms with Crippen LogP contribution < -0.4 is 15.4 Å². The first-order chi connectivity index (χ1) is 10.6. The van der Waals surface area contributed by atoms with Crippen LogP contribution in [0, 0.1) is 5.92 Å². The molecular weight excluding hydrogens is 405 g/mol. The topological polar surface area (TPSA) is 65.9 Å². The molecular formula is C17H30IN3O2. The van der Waals surface area contributed by atoms with Gasteiger partial charge in [0.2, 0.25) is 0 Å². The SMILES string of the molecule is CCNC(=NCc1ccc(OC)c(O)c1)NCCCC(C)C.I. The van der Waals surface area contributed by atoms with Crippen molar-refractivity contribution in [3.05, 3.63) is 23.8 Å². The highest BCUT2D eigenvalue weighted by atomic mass is 127. The van der Waals surface area contributed by atoms with Crippen LogP contribution in [-0.2, 0) is 6.54 Å². The van der Waals surface area contributed by atoms with E-state index in [4.69, 9.17) is 4.74 Å². The van der Waals surface area contributed by atoms with Crippen LogP contribution in [0.25, 0.3) is 0 Å². The Balaban J connectivity index is 0.00000484. The van der Waals surface area contributed by atoms with Crippen molar-refractivity contribution in [2.24, 2.45) is 10.9 Å². The number of aromatic hydroxyl groups is 1. The minimum Gasteiger partial charge on any atom is -0.504 e. The third-order valence-electron chi connectivity index (χ3n) is 3.26. The molecule has 5 nitrogen and oxygen atoms in total. The first-order valence-electron chi connectivity index (χ1n) is 7.94. The lowest BCUT2D eigenvalue weighted by Crippen LogP contribution is -2.37. The van der Waals surface area contributed by atoms with Crippen LogP contribution in [0.1, 0.15) is 39.2 Å². The first-order valence-corrected chi connectivity index (χ1v) is 7.94. The van der Waals surface area contributed by atoms with Crippen molar-refractivity contribution in [1.29, 1.82) is 0 Å². The highest BCUT2D eigenvalue weighted by Gasteiger charge is 2.03. The summed E-state index contributed by atoms with van der Waals surface area (Å²) in [5.74, 6) is 2.15. The van der Waals surface area contributed by atoms with Crippen molar-refractivity contribution in [3.63, 3.8) is 0 Å². The predicted molar refractivity (Wildman–Crippen MR) is 107 cm³/mol. The highest BCUT2D eigenvalue weighted by molar-refractivity contribution is 14.0. The predicted octanol–water partition coefficient (Wildman–Crippen LogP) is 3.51. The van der Waals surface area contributed by atoms with Gasteiger partial charge in [-0.15, -0.1) is 24.0 Å². The van der Waals surface area contributed by atoms with Gasteiger partial charge in [-0.2, -0.15) is 0 Å². The van der Waals surface area contributed by atoms with Crippen LogP contribution >= 0.6 is 24.0 Å². The van der Waals surface area contributed by atoms with E-state index < -0.39 is 0 Å². The fourth-order valence-electron chi connectivity index (χ4n) is 2.06. The van der Waals surface area contributed by atoms with Crippen molar-refractivity contribution in [2.75, 3.05) is 20.2 Å². The normalized spacial score (nSPS) is 11.1. The molecule has 0 saturated heterocycles. The Hall–Kier alpha value is -1.18. The number of rotatable bonds is 8. The van der Waals surface area contributed by atoms with Crippen LogP contribution in [0.3, 0.4) is 0 Å². The zero-order valence-electron chi connectivity index (χ0n) is 14.6. The van der Waals surface area contributed by atoms with Gasteiger partial charge in [-0.3, -0.25) is 0 Å². The largest absolute Gasteiger partial charge is 0.504 e. The van der Waals surface area contributed by atoms with Gasteiger partial charge in [0.1, 0.15) is 0 Å². The van der Waals surface area contributed by atoms with Gasteiger partial charge in [-0.25, -0.2) is 4.99 Å². The molecule has 0 aliphatic carbocycles. The van der Waals surface area contributed by atoms with Gasteiger partial charge < -0.3 is 20.5 Å². The van der Waals surface area contributed by atoms with Crippen molar-refractivity contribution < 1.29 is 9.84 Å². The van der Waals surface area contributed by atoms with Crippen molar-refractivity contribution in [3.8, 4) is 11.5 Å². The summed E-state index contributed by atoms with van der Waals surface area (Å²) in [4.78, 5) is 4.54. The molecule has 0 unspecified atom stereocenters. The van der Waals surface area contributed by atoms with Crippen LogP contribution in [0.5, 0.6) is 11.5 Å². The van der Waals surface area contributed by atoms with Crippen LogP contribution in [-0.4, -0.2) is 31.3 Å². The van der Waals surface area contributed by atoms with E-state index in [1.54, 1.807) is 12.1 Å². The fourth-order valence-corrected chi connectivity index (χ4v) is 2.06. The lowest BCUT2D eigenvalue weighted by molar-refractivity contribution is 0.373. The van der Waals surface area contributed by atoms with E-state index in [1.807, 2.05) is 13.0 Å². The molecule has 23 heavy (non-hydrogen) atoms. The second kappa shape index (κ2) is 12.3. The Kier molecular flexibility index (Phi) is 11.6. The van der Waals surface area contributed by atoms with E-state index >= 15 is 0 Å². The number of halogens is 1. The molecule has 0 fully saturated rings. The number of methoxy groups -OCH3 is 1. The molecule has 0 bridgehead atoms. The zero-order chi connectivity index (χ0) is 16.4. The molecule has 0 heterocycles. The third-order valence-corrected chi connectivity index (χ3v) is 3.26. The van der Waals surface area contributed by atoms with Crippen LogP contribution in [0.4, 0.5) is 0 Å². The van der Waals surface area contributed by atoms with E-state index in [0.717, 1.165) is 37.0 Å². The molecule has 6 heteroatoms. The van der Waals surface area contributed by atoms with Gasteiger partial charge in [0, 0.05) is 13.1 Å². The number of nitrogens with zero attached hydrogens (tertiary/aromatic N) is 1. The molecule has 0 amide bonds. The molecule has 0 aliphatic rings. The van der Waals surface area contributed by atoms with Gasteiger partial charge in [-0.1, -0.05) is 19.9 Å². The molecule has 0 aromatic heterocycles. The lowest BCUT2D eigenvalue weighted by atomic mass is 10.1. The number of hydrogen-bond acceptors (Lipinski definition) is 3. The van der Waals surface area contributed by atoms with Crippen molar-refractivity contribution in [1.82, 2.24) is 10.6 Å². The number of guanidine groups is 1.